The molecule has 0 amide bonds. The molecule has 1 fully saturated rings. The van der Waals surface area contributed by atoms with E-state index in [9.17, 15) is 5.11 Å². The van der Waals surface area contributed by atoms with Gasteiger partial charge in [-0.15, -0.1) is 0 Å². The zero-order chi connectivity index (χ0) is 13.6. The summed E-state index contributed by atoms with van der Waals surface area (Å²) in [4.78, 5) is 12.4. The number of nitrogen functional groups attached to an aromatic ring is 1. The minimum Gasteiger partial charge on any atom is -0.394 e. The van der Waals surface area contributed by atoms with Crippen molar-refractivity contribution in [1.82, 2.24) is 19.5 Å². The highest BCUT2D eigenvalue weighted by Gasteiger charge is 2.40. The van der Waals surface area contributed by atoms with Gasteiger partial charge in [0.1, 0.15) is 18.1 Å². The highest BCUT2D eigenvalue weighted by Crippen LogP contribution is 2.39. The lowest BCUT2D eigenvalue weighted by atomic mass is 9.93. The molecule has 3 heterocycles. The molecule has 19 heavy (non-hydrogen) atoms. The molecule has 3 N–H and O–H groups in total. The molecule has 0 bridgehead atoms. The van der Waals surface area contributed by atoms with Gasteiger partial charge in [0.05, 0.1) is 19.0 Å². The maximum absolute atomic E-state index is 9.33. The summed E-state index contributed by atoms with van der Waals surface area (Å²) < 4.78 is 7.76. The normalized spacial score (nSPS) is 31.1. The number of hydrogen-bond acceptors (Lipinski definition) is 6. The van der Waals surface area contributed by atoms with E-state index in [2.05, 4.69) is 28.8 Å². The van der Waals surface area contributed by atoms with Crippen LogP contribution in [0.5, 0.6) is 0 Å². The van der Waals surface area contributed by atoms with Crippen LogP contribution in [-0.2, 0) is 4.74 Å². The minimum atomic E-state index is -0.188. The first-order valence-corrected chi connectivity index (χ1v) is 6.32. The van der Waals surface area contributed by atoms with Crippen LogP contribution in [0.4, 0.5) is 5.82 Å². The summed E-state index contributed by atoms with van der Waals surface area (Å²) in [7, 11) is 0. The topological polar surface area (TPSA) is 99.1 Å². The Balaban J connectivity index is 2.04. The number of aromatic nitrogens is 4. The van der Waals surface area contributed by atoms with Gasteiger partial charge in [-0.25, -0.2) is 15.0 Å². The van der Waals surface area contributed by atoms with Gasteiger partial charge in [0.25, 0.3) is 0 Å². The Kier molecular flexibility index (Phi) is 2.87. The molecule has 0 saturated carbocycles. The van der Waals surface area contributed by atoms with Crippen LogP contribution >= 0.6 is 0 Å². The van der Waals surface area contributed by atoms with E-state index in [1.54, 1.807) is 6.33 Å². The molecule has 2 aromatic heterocycles. The Morgan fingerprint density at radius 1 is 1.32 bits per heavy atom. The number of aliphatic hydroxyl groups excluding tert-OH is 1. The third-order valence-electron chi connectivity index (χ3n) is 4.02. The largest absolute Gasteiger partial charge is 0.394 e. The average Bonchev–Trinajstić information content (AvgIpc) is 2.94. The number of nitrogens with zero attached hydrogens (tertiary/aromatic N) is 4. The lowest BCUT2D eigenvalue weighted by Crippen LogP contribution is -2.19. The van der Waals surface area contributed by atoms with Gasteiger partial charge in [-0.3, -0.25) is 4.57 Å². The van der Waals surface area contributed by atoms with E-state index in [1.165, 1.54) is 6.33 Å². The van der Waals surface area contributed by atoms with E-state index in [-0.39, 0.29) is 30.8 Å². The molecule has 1 saturated heterocycles. The zero-order valence-corrected chi connectivity index (χ0v) is 10.9. The fourth-order valence-electron chi connectivity index (χ4n) is 2.61. The maximum atomic E-state index is 9.33. The van der Waals surface area contributed by atoms with Crippen LogP contribution in [0, 0.1) is 11.8 Å². The molecule has 2 aromatic rings. The Hall–Kier alpha value is -1.73. The molecule has 102 valence electrons. The third-order valence-corrected chi connectivity index (χ3v) is 4.02. The van der Waals surface area contributed by atoms with E-state index in [1.807, 2.05) is 4.57 Å². The SMILES string of the molecule is C[C@H]1[C@@H](CO)OC(n2cnc3c(N)ncnc32)[C@@H]1C. The number of ether oxygens (including phenoxy) is 1. The highest BCUT2D eigenvalue weighted by atomic mass is 16.5. The van der Waals surface area contributed by atoms with Crippen molar-refractivity contribution in [1.29, 1.82) is 0 Å². The first kappa shape index (κ1) is 12.3. The van der Waals surface area contributed by atoms with Gasteiger partial charge < -0.3 is 15.6 Å². The van der Waals surface area contributed by atoms with Crippen molar-refractivity contribution in [2.45, 2.75) is 26.2 Å². The average molecular weight is 263 g/mol. The Morgan fingerprint density at radius 3 is 2.79 bits per heavy atom. The maximum Gasteiger partial charge on any atom is 0.167 e. The second kappa shape index (κ2) is 4.43. The molecule has 0 aliphatic carbocycles. The fourth-order valence-corrected chi connectivity index (χ4v) is 2.61. The van der Waals surface area contributed by atoms with Crippen molar-refractivity contribution in [2.24, 2.45) is 11.8 Å². The number of nitrogens with two attached hydrogens (primary N) is 1. The summed E-state index contributed by atoms with van der Waals surface area (Å²) in [6.07, 6.45) is 2.74. The van der Waals surface area contributed by atoms with Gasteiger partial charge in [0.2, 0.25) is 0 Å². The van der Waals surface area contributed by atoms with Crippen molar-refractivity contribution < 1.29 is 9.84 Å². The molecule has 7 heteroatoms. The van der Waals surface area contributed by atoms with E-state index in [0.717, 1.165) is 0 Å². The smallest absolute Gasteiger partial charge is 0.167 e. The molecular weight excluding hydrogens is 246 g/mol. The van der Waals surface area contributed by atoms with E-state index in [4.69, 9.17) is 10.5 Å². The number of fused-ring (bicyclic) bond motifs is 1. The van der Waals surface area contributed by atoms with Gasteiger partial charge >= 0.3 is 0 Å². The van der Waals surface area contributed by atoms with Crippen molar-refractivity contribution in [2.75, 3.05) is 12.3 Å². The number of anilines is 1. The molecule has 0 aromatic carbocycles. The quantitative estimate of drug-likeness (QED) is 0.821. The molecule has 3 rings (SSSR count). The van der Waals surface area contributed by atoms with E-state index < -0.39 is 0 Å². The van der Waals surface area contributed by atoms with Crippen LogP contribution in [0.15, 0.2) is 12.7 Å². The van der Waals surface area contributed by atoms with Crippen molar-refractivity contribution in [3.63, 3.8) is 0 Å². The number of aliphatic hydroxyl groups is 1. The summed E-state index contributed by atoms with van der Waals surface area (Å²) in [5.41, 5.74) is 7.02. The van der Waals surface area contributed by atoms with Gasteiger partial charge in [-0.1, -0.05) is 13.8 Å². The standard InChI is InChI=1S/C12H17N5O2/c1-6-7(2)12(19-8(6)3-18)17-5-16-9-10(13)14-4-15-11(9)17/h4-8,12,18H,3H2,1-2H3,(H2,13,14,15)/t6-,7-,8-,12?/m1/s1. The monoisotopic (exact) mass is 263 g/mol. The summed E-state index contributed by atoms with van der Waals surface area (Å²) in [6.45, 7) is 4.20. The first-order valence-electron chi connectivity index (χ1n) is 6.32. The second-order valence-electron chi connectivity index (χ2n) is 5.05. The molecule has 0 spiro atoms. The number of imidazole rings is 1. The molecule has 1 aliphatic heterocycles. The summed E-state index contributed by atoms with van der Waals surface area (Å²) in [6, 6.07) is 0. The predicted octanol–water partition coefficient (Wildman–Crippen LogP) is 0.570. The predicted molar refractivity (Wildman–Crippen MR) is 69.1 cm³/mol. The highest BCUT2D eigenvalue weighted by molar-refractivity contribution is 5.81. The summed E-state index contributed by atoms with van der Waals surface area (Å²) >= 11 is 0. The lowest BCUT2D eigenvalue weighted by molar-refractivity contribution is -0.0336. The molecule has 7 nitrogen and oxygen atoms in total. The first-order chi connectivity index (χ1) is 9.13. The molecule has 1 aliphatic rings. The lowest BCUT2D eigenvalue weighted by Gasteiger charge is -2.17. The number of hydrogen-bond donors (Lipinski definition) is 2. The van der Waals surface area contributed by atoms with Crippen LogP contribution in [0.2, 0.25) is 0 Å². The van der Waals surface area contributed by atoms with Crippen LogP contribution < -0.4 is 5.73 Å². The summed E-state index contributed by atoms with van der Waals surface area (Å²) in [5, 5.41) is 9.33. The second-order valence-corrected chi connectivity index (χ2v) is 5.05. The zero-order valence-electron chi connectivity index (χ0n) is 10.9. The molecule has 0 radical (unpaired) electrons. The minimum absolute atomic E-state index is 0.0196. The molecular formula is C12H17N5O2. The number of rotatable bonds is 2. The Bertz CT molecular complexity index is 599. The van der Waals surface area contributed by atoms with Crippen LogP contribution in [0.1, 0.15) is 20.1 Å². The van der Waals surface area contributed by atoms with Crippen LogP contribution in [0.25, 0.3) is 11.2 Å². The fraction of sp³-hybridized carbons (Fsp3) is 0.583. The van der Waals surface area contributed by atoms with Gasteiger partial charge in [0.15, 0.2) is 11.5 Å². The molecule has 4 atom stereocenters. The van der Waals surface area contributed by atoms with Crippen molar-refractivity contribution in [3.8, 4) is 0 Å². The Morgan fingerprint density at radius 2 is 2.11 bits per heavy atom. The van der Waals surface area contributed by atoms with E-state index in [0.29, 0.717) is 17.0 Å². The van der Waals surface area contributed by atoms with E-state index >= 15 is 0 Å². The van der Waals surface area contributed by atoms with Gasteiger partial charge in [-0.2, -0.15) is 0 Å². The van der Waals surface area contributed by atoms with Crippen LogP contribution in [0.3, 0.4) is 0 Å². The molecule has 1 unspecified atom stereocenters. The van der Waals surface area contributed by atoms with Crippen molar-refractivity contribution >= 4 is 17.0 Å². The summed E-state index contributed by atoms with van der Waals surface area (Å²) in [5.74, 6) is 0.888. The van der Waals surface area contributed by atoms with Gasteiger partial charge in [0, 0.05) is 5.92 Å². The van der Waals surface area contributed by atoms with Gasteiger partial charge in [-0.05, 0) is 5.92 Å². The third kappa shape index (κ3) is 1.77. The van der Waals surface area contributed by atoms with Crippen molar-refractivity contribution in [3.05, 3.63) is 12.7 Å². The van der Waals surface area contributed by atoms with Crippen LogP contribution in [-0.4, -0.2) is 37.3 Å². The Labute approximate surface area is 110 Å².